The average Bonchev–Trinajstić information content (AvgIpc) is 1.21. The number of hydrogen-bond donors (Lipinski definition) is 0. The van der Waals surface area contributed by atoms with E-state index in [0.717, 1.165) is 6.92 Å². The first-order valence-corrected chi connectivity index (χ1v) is 2.50. The Bertz CT molecular complexity index is 66.2. The SMILES string of the molecule is CC(F)CC(F)(F)Cl. The van der Waals surface area contributed by atoms with Gasteiger partial charge >= 0.3 is 5.38 Å². The molecule has 1 unspecified atom stereocenters. The summed E-state index contributed by atoms with van der Waals surface area (Å²) in [4.78, 5) is 0. The van der Waals surface area contributed by atoms with Crippen molar-refractivity contribution in [1.82, 2.24) is 0 Å². The highest BCUT2D eigenvalue weighted by atomic mass is 35.5. The highest BCUT2D eigenvalue weighted by Crippen LogP contribution is 2.25. The minimum Gasteiger partial charge on any atom is -0.248 e. The van der Waals surface area contributed by atoms with Crippen molar-refractivity contribution in [3.05, 3.63) is 0 Å². The van der Waals surface area contributed by atoms with Crippen molar-refractivity contribution in [2.75, 3.05) is 0 Å². The van der Waals surface area contributed by atoms with Gasteiger partial charge in [-0.05, 0) is 18.5 Å². The summed E-state index contributed by atoms with van der Waals surface area (Å²) in [5.74, 6) is 0. The molecule has 50 valence electrons. The molecule has 0 aromatic carbocycles. The van der Waals surface area contributed by atoms with Crippen LogP contribution < -0.4 is 0 Å². The van der Waals surface area contributed by atoms with E-state index >= 15 is 0 Å². The van der Waals surface area contributed by atoms with Crippen LogP contribution in [0.1, 0.15) is 13.3 Å². The van der Waals surface area contributed by atoms with Gasteiger partial charge in [-0.2, -0.15) is 8.78 Å². The van der Waals surface area contributed by atoms with Gasteiger partial charge in [-0.1, -0.05) is 0 Å². The number of rotatable bonds is 2. The third-order valence-corrected chi connectivity index (χ3v) is 0.667. The Morgan fingerprint density at radius 3 is 2.00 bits per heavy atom. The van der Waals surface area contributed by atoms with Crippen LogP contribution in [0.2, 0.25) is 0 Å². The van der Waals surface area contributed by atoms with E-state index in [-0.39, 0.29) is 0 Å². The van der Waals surface area contributed by atoms with E-state index in [0.29, 0.717) is 0 Å². The van der Waals surface area contributed by atoms with Crippen LogP contribution in [0, 0.1) is 0 Å². The van der Waals surface area contributed by atoms with Crippen molar-refractivity contribution in [3.63, 3.8) is 0 Å². The van der Waals surface area contributed by atoms with Gasteiger partial charge in [0.1, 0.15) is 6.17 Å². The van der Waals surface area contributed by atoms with Crippen molar-refractivity contribution in [2.24, 2.45) is 0 Å². The molecule has 4 heteroatoms. The smallest absolute Gasteiger partial charge is 0.248 e. The minimum atomic E-state index is -3.38. The fourth-order valence-corrected chi connectivity index (χ4v) is 0.532. The standard InChI is InChI=1S/C4H6ClF3/c1-3(6)2-4(5,7)8/h3H,2H2,1H3. The van der Waals surface area contributed by atoms with Gasteiger partial charge in [-0.15, -0.1) is 0 Å². The van der Waals surface area contributed by atoms with Crippen LogP contribution in [0.4, 0.5) is 13.2 Å². The lowest BCUT2D eigenvalue weighted by Gasteiger charge is -2.06. The van der Waals surface area contributed by atoms with Gasteiger partial charge in [-0.25, -0.2) is 4.39 Å². The summed E-state index contributed by atoms with van der Waals surface area (Å²) < 4.78 is 34.6. The fourth-order valence-electron chi connectivity index (χ4n) is 0.319. The zero-order valence-corrected chi connectivity index (χ0v) is 5.05. The van der Waals surface area contributed by atoms with E-state index in [1.54, 1.807) is 0 Å². The van der Waals surface area contributed by atoms with Gasteiger partial charge in [0, 0.05) is 0 Å². The second-order valence-corrected chi connectivity index (χ2v) is 2.15. The molecular formula is C4H6ClF3. The summed E-state index contributed by atoms with van der Waals surface area (Å²) in [6.45, 7) is 1.04. The first kappa shape index (κ1) is 8.08. The Morgan fingerprint density at radius 1 is 1.62 bits per heavy atom. The molecule has 0 bridgehead atoms. The van der Waals surface area contributed by atoms with Crippen molar-refractivity contribution in [1.29, 1.82) is 0 Å². The van der Waals surface area contributed by atoms with E-state index in [4.69, 9.17) is 0 Å². The Labute approximate surface area is 50.6 Å². The summed E-state index contributed by atoms with van der Waals surface area (Å²) in [5.41, 5.74) is 0. The van der Waals surface area contributed by atoms with Gasteiger partial charge in [0.25, 0.3) is 0 Å². The molecule has 0 aromatic rings. The Balaban J connectivity index is 3.39. The van der Waals surface area contributed by atoms with Gasteiger partial charge in [0.2, 0.25) is 0 Å². The van der Waals surface area contributed by atoms with Gasteiger partial charge < -0.3 is 0 Å². The fraction of sp³-hybridized carbons (Fsp3) is 1.00. The van der Waals surface area contributed by atoms with Crippen LogP contribution in [0.3, 0.4) is 0 Å². The van der Waals surface area contributed by atoms with Gasteiger partial charge in [0.15, 0.2) is 0 Å². The molecule has 0 aliphatic heterocycles. The lowest BCUT2D eigenvalue weighted by Crippen LogP contribution is -2.11. The molecule has 0 radical (unpaired) electrons. The van der Waals surface area contributed by atoms with Crippen molar-refractivity contribution in [3.8, 4) is 0 Å². The molecule has 0 heterocycles. The van der Waals surface area contributed by atoms with Crippen molar-refractivity contribution < 1.29 is 13.2 Å². The predicted molar refractivity (Wildman–Crippen MR) is 26.0 cm³/mol. The summed E-state index contributed by atoms with van der Waals surface area (Å²) in [5, 5.41) is -3.38. The molecule has 0 nitrogen and oxygen atoms in total. The summed E-state index contributed by atoms with van der Waals surface area (Å²) >= 11 is 4.35. The minimum absolute atomic E-state index is 0.908. The Hall–Kier alpha value is 0.0800. The molecule has 0 aliphatic carbocycles. The average molecular weight is 147 g/mol. The van der Waals surface area contributed by atoms with Crippen LogP contribution in [0.5, 0.6) is 0 Å². The molecule has 8 heavy (non-hydrogen) atoms. The van der Waals surface area contributed by atoms with E-state index in [1.165, 1.54) is 0 Å². The highest BCUT2D eigenvalue weighted by Gasteiger charge is 2.27. The first-order chi connectivity index (χ1) is 3.42. The quantitative estimate of drug-likeness (QED) is 0.526. The summed E-state index contributed by atoms with van der Waals surface area (Å²) in [6.07, 6.45) is -2.45. The van der Waals surface area contributed by atoms with Crippen LogP contribution in [0.25, 0.3) is 0 Å². The molecule has 0 aromatic heterocycles. The Morgan fingerprint density at radius 2 is 2.00 bits per heavy atom. The maximum absolute atomic E-state index is 11.6. The first-order valence-electron chi connectivity index (χ1n) is 2.12. The topological polar surface area (TPSA) is 0 Å². The van der Waals surface area contributed by atoms with E-state index in [9.17, 15) is 13.2 Å². The molecule has 0 saturated carbocycles. The predicted octanol–water partition coefficient (Wildman–Crippen LogP) is 2.57. The second kappa shape index (κ2) is 2.58. The number of halogens is 4. The zero-order chi connectivity index (χ0) is 6.78. The molecule has 0 rings (SSSR count). The zero-order valence-electron chi connectivity index (χ0n) is 4.30. The maximum atomic E-state index is 11.6. The molecule has 0 spiro atoms. The molecule has 0 N–H and O–H groups in total. The van der Waals surface area contributed by atoms with E-state index in [1.807, 2.05) is 0 Å². The van der Waals surface area contributed by atoms with Crippen LogP contribution in [0.15, 0.2) is 0 Å². The molecule has 0 saturated heterocycles. The number of hydrogen-bond acceptors (Lipinski definition) is 0. The summed E-state index contributed by atoms with van der Waals surface area (Å²) in [7, 11) is 0. The van der Waals surface area contributed by atoms with Crippen molar-refractivity contribution in [2.45, 2.75) is 24.9 Å². The van der Waals surface area contributed by atoms with Crippen LogP contribution in [-0.2, 0) is 0 Å². The maximum Gasteiger partial charge on any atom is 0.324 e. The van der Waals surface area contributed by atoms with E-state index in [2.05, 4.69) is 11.6 Å². The number of alkyl halides is 4. The Kier molecular flexibility index (Phi) is 2.60. The lowest BCUT2D eigenvalue weighted by molar-refractivity contribution is 0.0601. The van der Waals surface area contributed by atoms with Crippen LogP contribution in [-0.4, -0.2) is 11.6 Å². The lowest BCUT2D eigenvalue weighted by atomic mass is 10.3. The third-order valence-electron chi connectivity index (χ3n) is 0.513. The van der Waals surface area contributed by atoms with Crippen molar-refractivity contribution >= 4 is 11.6 Å². The molecule has 1 atom stereocenters. The van der Waals surface area contributed by atoms with Crippen LogP contribution >= 0.6 is 11.6 Å². The molecule has 0 amide bonds. The second-order valence-electron chi connectivity index (χ2n) is 1.60. The summed E-state index contributed by atoms with van der Waals surface area (Å²) in [6, 6.07) is 0. The molecule has 0 aliphatic rings. The van der Waals surface area contributed by atoms with Gasteiger partial charge in [0.05, 0.1) is 6.42 Å². The highest BCUT2D eigenvalue weighted by molar-refractivity contribution is 6.21. The van der Waals surface area contributed by atoms with Gasteiger partial charge in [-0.3, -0.25) is 0 Å². The molecular weight excluding hydrogens is 140 g/mol. The normalized spacial score (nSPS) is 16.1. The largest absolute Gasteiger partial charge is 0.324 e. The third kappa shape index (κ3) is 6.08. The monoisotopic (exact) mass is 146 g/mol. The van der Waals surface area contributed by atoms with E-state index < -0.39 is 18.0 Å². The molecule has 0 fully saturated rings.